The molecule has 3 atom stereocenters. The van der Waals surface area contributed by atoms with E-state index in [1.54, 1.807) is 11.8 Å². The van der Waals surface area contributed by atoms with Crippen LogP contribution in [-0.4, -0.2) is 38.5 Å². The monoisotopic (exact) mass is 201 g/mol. The van der Waals surface area contributed by atoms with Gasteiger partial charge >= 0.3 is 5.97 Å². The van der Waals surface area contributed by atoms with Crippen molar-refractivity contribution in [2.75, 3.05) is 0 Å². The lowest BCUT2D eigenvalue weighted by Gasteiger charge is -2.35. The largest absolute Gasteiger partial charge is 0.480 e. The molecule has 0 bridgehead atoms. The minimum absolute atomic E-state index is 0.0131. The van der Waals surface area contributed by atoms with E-state index in [2.05, 4.69) is 0 Å². The Labute approximate surface area is 80.3 Å². The Bertz CT molecular complexity index is 268. The van der Waals surface area contributed by atoms with Gasteiger partial charge in [0.2, 0.25) is 5.91 Å². The Morgan fingerprint density at radius 2 is 2.46 bits per heavy atom. The number of amides is 1. The van der Waals surface area contributed by atoms with Crippen molar-refractivity contribution >= 4 is 23.6 Å². The molecule has 0 saturated carbocycles. The zero-order chi connectivity index (χ0) is 9.59. The molecule has 2 unspecified atom stereocenters. The molecular weight excluding hydrogens is 190 g/mol. The second-order valence-corrected chi connectivity index (χ2v) is 4.75. The summed E-state index contributed by atoms with van der Waals surface area (Å²) in [6.45, 7) is 1.96. The van der Waals surface area contributed by atoms with Crippen LogP contribution in [0.3, 0.4) is 0 Å². The van der Waals surface area contributed by atoms with Crippen molar-refractivity contribution in [3.05, 3.63) is 0 Å². The van der Waals surface area contributed by atoms with E-state index in [0.717, 1.165) is 6.42 Å². The fourth-order valence-corrected chi connectivity index (χ4v) is 3.51. The van der Waals surface area contributed by atoms with Gasteiger partial charge < -0.3 is 10.0 Å². The van der Waals surface area contributed by atoms with Crippen molar-refractivity contribution in [2.45, 2.75) is 36.4 Å². The third-order valence-corrected chi connectivity index (χ3v) is 4.24. The standard InChI is InChI=1S/C8H11NO3S/c1-2-4-7(8(11)12)9-5(10)3-6(9)13-4/h4,6-7H,2-3H2,1H3,(H,11,12)/t4?,6-,7?/m1/s1. The number of hydrogen-bond acceptors (Lipinski definition) is 3. The summed E-state index contributed by atoms with van der Waals surface area (Å²) in [6, 6.07) is -0.582. The lowest BCUT2D eigenvalue weighted by atomic mass is 10.1. The van der Waals surface area contributed by atoms with E-state index < -0.39 is 12.0 Å². The summed E-state index contributed by atoms with van der Waals surface area (Å²) in [4.78, 5) is 23.6. The maximum Gasteiger partial charge on any atom is 0.327 e. The Morgan fingerprint density at radius 1 is 1.77 bits per heavy atom. The molecule has 0 aromatic rings. The number of hydrogen-bond donors (Lipinski definition) is 1. The molecule has 0 aromatic carbocycles. The van der Waals surface area contributed by atoms with Crippen molar-refractivity contribution in [1.29, 1.82) is 0 Å². The van der Waals surface area contributed by atoms with Crippen molar-refractivity contribution in [3.63, 3.8) is 0 Å². The van der Waals surface area contributed by atoms with Gasteiger partial charge in [-0.3, -0.25) is 4.79 Å². The first-order valence-electron chi connectivity index (χ1n) is 4.34. The van der Waals surface area contributed by atoms with E-state index in [1.807, 2.05) is 6.92 Å². The number of aliphatic carboxylic acids is 1. The quantitative estimate of drug-likeness (QED) is 0.662. The second kappa shape index (κ2) is 2.90. The molecule has 4 nitrogen and oxygen atoms in total. The van der Waals surface area contributed by atoms with Crippen LogP contribution in [0.5, 0.6) is 0 Å². The van der Waals surface area contributed by atoms with E-state index in [1.165, 1.54) is 4.90 Å². The summed E-state index contributed by atoms with van der Waals surface area (Å²) in [5, 5.41) is 9.16. The molecule has 2 rings (SSSR count). The highest BCUT2D eigenvalue weighted by molar-refractivity contribution is 8.01. The van der Waals surface area contributed by atoms with Gasteiger partial charge in [-0.25, -0.2) is 4.79 Å². The molecule has 2 saturated heterocycles. The zero-order valence-electron chi connectivity index (χ0n) is 7.27. The maximum atomic E-state index is 11.1. The van der Waals surface area contributed by atoms with Gasteiger partial charge in [-0.05, 0) is 6.42 Å². The van der Waals surface area contributed by atoms with E-state index in [0.29, 0.717) is 6.42 Å². The molecule has 0 radical (unpaired) electrons. The molecule has 0 aliphatic carbocycles. The topological polar surface area (TPSA) is 57.6 Å². The third kappa shape index (κ3) is 1.14. The third-order valence-electron chi connectivity index (χ3n) is 2.59. The number of carbonyl (C=O) groups is 2. The van der Waals surface area contributed by atoms with Crippen LogP contribution < -0.4 is 0 Å². The predicted molar refractivity (Wildman–Crippen MR) is 48.3 cm³/mol. The fourth-order valence-electron chi connectivity index (χ4n) is 1.90. The summed E-state index contributed by atoms with van der Waals surface area (Å²) < 4.78 is 0. The van der Waals surface area contributed by atoms with Crippen LogP contribution in [0.2, 0.25) is 0 Å². The average Bonchev–Trinajstić information content (AvgIpc) is 2.37. The van der Waals surface area contributed by atoms with Crippen LogP contribution in [0.1, 0.15) is 19.8 Å². The summed E-state index contributed by atoms with van der Waals surface area (Å²) in [5.41, 5.74) is 0. The van der Waals surface area contributed by atoms with E-state index in [-0.39, 0.29) is 16.5 Å². The van der Waals surface area contributed by atoms with Gasteiger partial charge in [0.05, 0.1) is 11.8 Å². The van der Waals surface area contributed by atoms with Crippen LogP contribution in [0.4, 0.5) is 0 Å². The molecule has 13 heavy (non-hydrogen) atoms. The minimum Gasteiger partial charge on any atom is -0.480 e. The molecule has 72 valence electrons. The molecule has 1 N–H and O–H groups in total. The van der Waals surface area contributed by atoms with Crippen molar-refractivity contribution in [3.8, 4) is 0 Å². The van der Waals surface area contributed by atoms with E-state index >= 15 is 0 Å². The number of carboxylic acids is 1. The molecule has 0 aromatic heterocycles. The highest BCUT2D eigenvalue weighted by Crippen LogP contribution is 2.45. The highest BCUT2D eigenvalue weighted by Gasteiger charge is 2.53. The number of fused-ring (bicyclic) bond motifs is 1. The average molecular weight is 201 g/mol. The molecule has 0 spiro atoms. The Balaban J connectivity index is 2.19. The minimum atomic E-state index is -0.866. The van der Waals surface area contributed by atoms with Crippen LogP contribution in [0.15, 0.2) is 0 Å². The summed E-state index contributed by atoms with van der Waals surface area (Å²) >= 11 is 1.62. The van der Waals surface area contributed by atoms with Crippen LogP contribution in [-0.2, 0) is 9.59 Å². The lowest BCUT2D eigenvalue weighted by Crippen LogP contribution is -2.55. The summed E-state index contributed by atoms with van der Waals surface area (Å²) in [5.74, 6) is -0.879. The number of carboxylic acid groups (broad SMARTS) is 1. The van der Waals surface area contributed by atoms with Gasteiger partial charge in [0.1, 0.15) is 6.04 Å². The summed E-state index contributed by atoms with van der Waals surface area (Å²) in [7, 11) is 0. The Morgan fingerprint density at radius 3 is 2.92 bits per heavy atom. The highest BCUT2D eigenvalue weighted by atomic mass is 32.2. The smallest absolute Gasteiger partial charge is 0.327 e. The van der Waals surface area contributed by atoms with Crippen molar-refractivity contribution in [1.82, 2.24) is 4.90 Å². The molecular formula is C8H11NO3S. The van der Waals surface area contributed by atoms with Crippen LogP contribution in [0.25, 0.3) is 0 Å². The van der Waals surface area contributed by atoms with E-state index in [4.69, 9.17) is 5.11 Å². The number of carbonyl (C=O) groups excluding carboxylic acids is 1. The van der Waals surface area contributed by atoms with Gasteiger partial charge in [-0.1, -0.05) is 6.92 Å². The number of β-lactam (4-membered cyclic amide) rings is 1. The van der Waals surface area contributed by atoms with Gasteiger partial charge in [0, 0.05) is 5.25 Å². The van der Waals surface area contributed by atoms with Gasteiger partial charge in [0.25, 0.3) is 0 Å². The predicted octanol–water partition coefficient (Wildman–Crippen LogP) is 0.523. The zero-order valence-corrected chi connectivity index (χ0v) is 8.08. The van der Waals surface area contributed by atoms with Crippen LogP contribution >= 0.6 is 11.8 Å². The Kier molecular flexibility index (Phi) is 1.98. The van der Waals surface area contributed by atoms with E-state index in [9.17, 15) is 9.59 Å². The van der Waals surface area contributed by atoms with Gasteiger partial charge in [0.15, 0.2) is 0 Å². The molecule has 5 heteroatoms. The van der Waals surface area contributed by atoms with Crippen LogP contribution in [0, 0.1) is 0 Å². The molecule has 2 fully saturated rings. The normalized spacial score (nSPS) is 37.2. The molecule has 2 aliphatic heterocycles. The molecule has 1 amide bonds. The van der Waals surface area contributed by atoms with Gasteiger partial charge in [-0.15, -0.1) is 11.8 Å². The molecule has 2 heterocycles. The lowest BCUT2D eigenvalue weighted by molar-refractivity contribution is -0.156. The second-order valence-electron chi connectivity index (χ2n) is 3.33. The number of rotatable bonds is 2. The SMILES string of the molecule is CCC1S[C@@H]2CC(=O)N2C1C(=O)O. The summed E-state index contributed by atoms with van der Waals surface area (Å²) in [6.07, 6.45) is 1.33. The maximum absolute atomic E-state index is 11.1. The van der Waals surface area contributed by atoms with Gasteiger partial charge in [-0.2, -0.15) is 0 Å². The number of nitrogens with zero attached hydrogens (tertiary/aromatic N) is 1. The fraction of sp³-hybridized carbons (Fsp3) is 0.750. The molecule has 2 aliphatic rings. The Hall–Kier alpha value is -0.710. The number of thioether (sulfide) groups is 1. The van der Waals surface area contributed by atoms with Crippen molar-refractivity contribution in [2.24, 2.45) is 0 Å². The first-order valence-corrected chi connectivity index (χ1v) is 5.29. The first kappa shape index (κ1) is 8.87. The van der Waals surface area contributed by atoms with Crippen molar-refractivity contribution < 1.29 is 14.7 Å². The first-order chi connectivity index (χ1) is 6.15.